The van der Waals surface area contributed by atoms with Gasteiger partial charge in [0.05, 0.1) is 21.4 Å². The lowest BCUT2D eigenvalue weighted by Gasteiger charge is -2.08. The number of fused-ring (bicyclic) bond motifs is 1. The van der Waals surface area contributed by atoms with Crippen molar-refractivity contribution in [3.8, 4) is 5.75 Å². The second kappa shape index (κ2) is 5.58. The average molecular weight is 385 g/mol. The van der Waals surface area contributed by atoms with Gasteiger partial charge in [0.2, 0.25) is 0 Å². The molecule has 0 aliphatic rings. The van der Waals surface area contributed by atoms with E-state index in [4.69, 9.17) is 11.6 Å². The topological polar surface area (TPSA) is 66.6 Å². The molecule has 0 spiro atoms. The lowest BCUT2D eigenvalue weighted by molar-refractivity contribution is 0.102. The predicted octanol–water partition coefficient (Wildman–Crippen LogP) is 3.85. The molecule has 0 unspecified atom stereocenters. The van der Waals surface area contributed by atoms with Gasteiger partial charge in [-0.25, -0.2) is 9.37 Å². The summed E-state index contributed by atoms with van der Waals surface area (Å²) in [7, 11) is 0. The van der Waals surface area contributed by atoms with Gasteiger partial charge in [-0.2, -0.15) is 0 Å². The van der Waals surface area contributed by atoms with Gasteiger partial charge in [0.1, 0.15) is 11.4 Å². The molecule has 2 N–H and O–H groups in total. The van der Waals surface area contributed by atoms with Crippen LogP contribution in [0.5, 0.6) is 5.75 Å². The van der Waals surface area contributed by atoms with Gasteiger partial charge in [0.25, 0.3) is 5.91 Å². The SMILES string of the molecule is O=C(Nc1cc(Cl)c(O)cc1F)c1cnc2c(Br)cccn12. The molecule has 0 fully saturated rings. The van der Waals surface area contributed by atoms with E-state index in [1.54, 1.807) is 22.7 Å². The van der Waals surface area contributed by atoms with E-state index in [1.165, 1.54) is 6.20 Å². The van der Waals surface area contributed by atoms with Crippen molar-refractivity contribution in [2.45, 2.75) is 0 Å². The number of phenolic OH excluding ortho intramolecular Hbond substituents is 1. The minimum Gasteiger partial charge on any atom is -0.506 e. The van der Waals surface area contributed by atoms with Gasteiger partial charge >= 0.3 is 0 Å². The van der Waals surface area contributed by atoms with E-state index in [0.29, 0.717) is 5.65 Å². The Kier molecular flexibility index (Phi) is 3.76. The molecular formula is C14H8BrClFN3O2. The number of imidazole rings is 1. The molecule has 1 amide bonds. The number of benzene rings is 1. The van der Waals surface area contributed by atoms with Crippen LogP contribution in [0.15, 0.2) is 41.1 Å². The molecule has 0 atom stereocenters. The number of hydrogen-bond acceptors (Lipinski definition) is 3. The van der Waals surface area contributed by atoms with E-state index >= 15 is 0 Å². The number of anilines is 1. The minimum atomic E-state index is -0.787. The lowest BCUT2D eigenvalue weighted by Crippen LogP contribution is -2.15. The fourth-order valence-electron chi connectivity index (χ4n) is 1.96. The number of rotatable bonds is 2. The molecule has 3 aromatic rings. The van der Waals surface area contributed by atoms with Crippen LogP contribution in [0.2, 0.25) is 5.02 Å². The number of nitrogens with zero attached hydrogens (tertiary/aromatic N) is 2. The van der Waals surface area contributed by atoms with E-state index in [0.717, 1.165) is 16.6 Å². The predicted molar refractivity (Wildman–Crippen MR) is 83.9 cm³/mol. The summed E-state index contributed by atoms with van der Waals surface area (Å²) >= 11 is 9.05. The molecule has 0 radical (unpaired) electrons. The number of carbonyl (C=O) groups is 1. The van der Waals surface area contributed by atoms with Crippen LogP contribution in [0.1, 0.15) is 10.5 Å². The largest absolute Gasteiger partial charge is 0.506 e. The molecular weight excluding hydrogens is 377 g/mol. The summed E-state index contributed by atoms with van der Waals surface area (Å²) in [5, 5.41) is 11.7. The molecule has 0 aliphatic heterocycles. The van der Waals surface area contributed by atoms with Crippen molar-refractivity contribution in [1.29, 1.82) is 0 Å². The number of carbonyl (C=O) groups excluding carboxylic acids is 1. The van der Waals surface area contributed by atoms with Crippen molar-refractivity contribution in [3.05, 3.63) is 57.7 Å². The van der Waals surface area contributed by atoms with Crippen LogP contribution in [-0.2, 0) is 0 Å². The first-order chi connectivity index (χ1) is 10.5. The Morgan fingerprint density at radius 1 is 1.45 bits per heavy atom. The molecule has 22 heavy (non-hydrogen) atoms. The zero-order chi connectivity index (χ0) is 15.9. The molecule has 3 rings (SSSR count). The van der Waals surface area contributed by atoms with E-state index in [1.807, 2.05) is 0 Å². The Morgan fingerprint density at radius 2 is 2.23 bits per heavy atom. The van der Waals surface area contributed by atoms with Gasteiger partial charge in [-0.05, 0) is 34.1 Å². The first-order valence-corrected chi connectivity index (χ1v) is 7.25. The number of pyridine rings is 1. The van der Waals surface area contributed by atoms with Gasteiger partial charge in [0.15, 0.2) is 11.5 Å². The van der Waals surface area contributed by atoms with Crippen molar-refractivity contribution >= 4 is 44.8 Å². The highest BCUT2D eigenvalue weighted by atomic mass is 79.9. The zero-order valence-corrected chi connectivity index (χ0v) is 13.2. The molecule has 0 saturated carbocycles. The molecule has 0 aliphatic carbocycles. The third-order valence-corrected chi connectivity index (χ3v) is 3.93. The third kappa shape index (κ3) is 2.53. The summed E-state index contributed by atoms with van der Waals surface area (Å²) in [6, 6.07) is 5.52. The Morgan fingerprint density at radius 3 is 3.00 bits per heavy atom. The molecule has 112 valence electrons. The highest BCUT2D eigenvalue weighted by molar-refractivity contribution is 9.10. The standard InChI is InChI=1S/C14H8BrClFN3O2/c15-7-2-1-3-20-11(6-18-13(7)20)14(22)19-10-4-8(16)12(21)5-9(10)17/h1-6,21H,(H,19,22). The zero-order valence-electron chi connectivity index (χ0n) is 10.8. The maximum Gasteiger partial charge on any atom is 0.274 e. The summed E-state index contributed by atoms with van der Waals surface area (Å²) < 4.78 is 16.0. The molecule has 8 heteroatoms. The molecule has 2 aromatic heterocycles. The van der Waals surface area contributed by atoms with Crippen LogP contribution in [-0.4, -0.2) is 20.4 Å². The lowest BCUT2D eigenvalue weighted by atomic mass is 10.2. The number of aromatic hydroxyl groups is 1. The van der Waals surface area contributed by atoms with Crippen LogP contribution in [0.3, 0.4) is 0 Å². The minimum absolute atomic E-state index is 0.0578. The van der Waals surface area contributed by atoms with Crippen LogP contribution in [0, 0.1) is 5.82 Å². The number of nitrogens with one attached hydrogen (secondary N) is 1. The van der Waals surface area contributed by atoms with Crippen LogP contribution in [0.25, 0.3) is 5.65 Å². The van der Waals surface area contributed by atoms with Crippen molar-refractivity contribution in [2.24, 2.45) is 0 Å². The van der Waals surface area contributed by atoms with Crippen molar-refractivity contribution in [1.82, 2.24) is 9.38 Å². The first kappa shape index (κ1) is 14.8. The monoisotopic (exact) mass is 383 g/mol. The van der Waals surface area contributed by atoms with Gasteiger partial charge in [-0.3, -0.25) is 9.20 Å². The Labute approximate surface area is 137 Å². The Bertz CT molecular complexity index is 897. The van der Waals surface area contributed by atoms with Gasteiger partial charge in [-0.15, -0.1) is 0 Å². The highest BCUT2D eigenvalue weighted by Crippen LogP contribution is 2.29. The summed E-state index contributed by atoms with van der Waals surface area (Å²) in [5.41, 5.74) is 0.675. The molecule has 2 heterocycles. The van der Waals surface area contributed by atoms with Gasteiger partial charge in [-0.1, -0.05) is 11.6 Å². The van der Waals surface area contributed by atoms with Gasteiger partial charge < -0.3 is 10.4 Å². The van der Waals surface area contributed by atoms with E-state index < -0.39 is 17.5 Å². The van der Waals surface area contributed by atoms with E-state index in [9.17, 15) is 14.3 Å². The molecule has 1 aromatic carbocycles. The molecule has 5 nitrogen and oxygen atoms in total. The number of amides is 1. The number of aromatic nitrogens is 2. The fourth-order valence-corrected chi connectivity index (χ4v) is 2.57. The first-order valence-electron chi connectivity index (χ1n) is 6.08. The second-order valence-corrected chi connectivity index (χ2v) is 5.69. The number of hydrogen-bond donors (Lipinski definition) is 2. The van der Waals surface area contributed by atoms with Crippen molar-refractivity contribution in [3.63, 3.8) is 0 Å². The fraction of sp³-hybridized carbons (Fsp3) is 0. The van der Waals surface area contributed by atoms with Crippen molar-refractivity contribution in [2.75, 3.05) is 5.32 Å². The third-order valence-electron chi connectivity index (χ3n) is 3.01. The number of phenols is 1. The smallest absolute Gasteiger partial charge is 0.274 e. The van der Waals surface area contributed by atoms with E-state index in [2.05, 4.69) is 26.2 Å². The highest BCUT2D eigenvalue weighted by Gasteiger charge is 2.16. The van der Waals surface area contributed by atoms with Crippen molar-refractivity contribution < 1.29 is 14.3 Å². The van der Waals surface area contributed by atoms with E-state index in [-0.39, 0.29) is 16.4 Å². The molecule has 0 saturated heterocycles. The summed E-state index contributed by atoms with van der Waals surface area (Å²) in [6.07, 6.45) is 3.05. The summed E-state index contributed by atoms with van der Waals surface area (Å²) in [5.74, 6) is -1.73. The van der Waals surface area contributed by atoms with Crippen LogP contribution < -0.4 is 5.32 Å². The number of halogens is 3. The second-order valence-electron chi connectivity index (χ2n) is 4.43. The van der Waals surface area contributed by atoms with Gasteiger partial charge in [0, 0.05) is 12.3 Å². The Hall–Kier alpha value is -2.12. The molecule has 0 bridgehead atoms. The Balaban J connectivity index is 1.97. The normalized spacial score (nSPS) is 10.9. The average Bonchev–Trinajstić information content (AvgIpc) is 2.90. The quantitative estimate of drug-likeness (QED) is 0.660. The van der Waals surface area contributed by atoms with Crippen LogP contribution >= 0.6 is 27.5 Å². The van der Waals surface area contributed by atoms with Crippen LogP contribution in [0.4, 0.5) is 10.1 Å². The summed E-state index contributed by atoms with van der Waals surface area (Å²) in [4.78, 5) is 16.4. The maximum absolute atomic E-state index is 13.7. The summed E-state index contributed by atoms with van der Waals surface area (Å²) in [6.45, 7) is 0. The maximum atomic E-state index is 13.7.